The van der Waals surface area contributed by atoms with Crippen molar-refractivity contribution >= 4 is 21.5 Å². The Labute approximate surface area is 148 Å². The van der Waals surface area contributed by atoms with E-state index in [-0.39, 0.29) is 6.54 Å². The first-order chi connectivity index (χ1) is 11.9. The van der Waals surface area contributed by atoms with E-state index in [9.17, 15) is 8.42 Å². The summed E-state index contributed by atoms with van der Waals surface area (Å²) in [6, 6.07) is 3.72. The van der Waals surface area contributed by atoms with Gasteiger partial charge in [0.25, 0.3) is 0 Å². The molecule has 0 saturated heterocycles. The predicted octanol–water partition coefficient (Wildman–Crippen LogP) is 0.360. The molecule has 0 aliphatic carbocycles. The van der Waals surface area contributed by atoms with Gasteiger partial charge in [0.2, 0.25) is 10.0 Å². The maximum Gasteiger partial charge on any atom is 0.208 e. The number of nitrogens with one attached hydrogen (secondary N) is 2. The Morgan fingerprint density at radius 1 is 1.16 bits per heavy atom. The minimum Gasteiger partial charge on any atom is -0.369 e. The van der Waals surface area contributed by atoms with Crippen molar-refractivity contribution in [1.29, 1.82) is 0 Å². The Kier molecular flexibility index (Phi) is 7.09. The molecule has 25 heavy (non-hydrogen) atoms. The summed E-state index contributed by atoms with van der Waals surface area (Å²) in [4.78, 5) is 2.38. The molecule has 0 saturated carbocycles. The van der Waals surface area contributed by atoms with E-state index in [4.69, 9.17) is 0 Å². The third-order valence-electron chi connectivity index (χ3n) is 3.89. The monoisotopic (exact) mass is 369 g/mol. The number of hydrogen-bond donors (Lipinski definition) is 2. The summed E-state index contributed by atoms with van der Waals surface area (Å²) in [5, 5.41) is 15.9. The lowest BCUT2D eigenvalue weighted by molar-refractivity contribution is 0.303. The lowest BCUT2D eigenvalue weighted by Gasteiger charge is -2.17. The van der Waals surface area contributed by atoms with Crippen molar-refractivity contribution in [3.05, 3.63) is 18.0 Å². The van der Waals surface area contributed by atoms with Gasteiger partial charge in [-0.2, -0.15) is 4.52 Å². The van der Waals surface area contributed by atoms with E-state index in [1.54, 1.807) is 4.52 Å². The maximum absolute atomic E-state index is 11.1. The Morgan fingerprint density at radius 3 is 2.60 bits per heavy atom. The van der Waals surface area contributed by atoms with Gasteiger partial charge in [0.1, 0.15) is 5.82 Å². The summed E-state index contributed by atoms with van der Waals surface area (Å²) in [7, 11) is -3.21. The molecule has 2 heterocycles. The molecule has 0 aliphatic rings. The quantitative estimate of drug-likeness (QED) is 0.551. The summed E-state index contributed by atoms with van der Waals surface area (Å²) in [5.41, 5.74) is 0.642. The molecule has 0 fully saturated rings. The lowest BCUT2D eigenvalue weighted by Crippen LogP contribution is -2.25. The highest BCUT2D eigenvalue weighted by atomic mass is 32.2. The molecule has 2 N–H and O–H groups in total. The van der Waals surface area contributed by atoms with Crippen LogP contribution in [0.4, 0.5) is 5.82 Å². The predicted molar refractivity (Wildman–Crippen MR) is 98.2 cm³/mol. The van der Waals surface area contributed by atoms with Crippen LogP contribution in [0.5, 0.6) is 0 Å². The molecule has 0 spiro atoms. The number of sulfonamides is 1. The average Bonchev–Trinajstić information content (AvgIpc) is 2.96. The van der Waals surface area contributed by atoms with Crippen LogP contribution in [0.25, 0.3) is 5.65 Å². The van der Waals surface area contributed by atoms with E-state index in [0.717, 1.165) is 44.7 Å². The van der Waals surface area contributed by atoms with E-state index in [1.165, 1.54) is 0 Å². The fourth-order valence-electron chi connectivity index (χ4n) is 2.49. The Bertz CT molecular complexity index is 771. The third-order valence-corrected chi connectivity index (χ3v) is 4.62. The largest absolute Gasteiger partial charge is 0.369 e. The summed E-state index contributed by atoms with van der Waals surface area (Å²) in [6.45, 7) is 8.61. The second kappa shape index (κ2) is 9.07. The molecule has 0 atom stereocenters. The molecule has 10 heteroatoms. The van der Waals surface area contributed by atoms with Gasteiger partial charge in [-0.3, -0.25) is 0 Å². The highest BCUT2D eigenvalue weighted by Crippen LogP contribution is 2.08. The van der Waals surface area contributed by atoms with Crippen LogP contribution in [-0.4, -0.2) is 72.1 Å². The Hall–Kier alpha value is -1.78. The van der Waals surface area contributed by atoms with Crippen molar-refractivity contribution in [2.45, 2.75) is 26.7 Å². The summed E-state index contributed by atoms with van der Waals surface area (Å²) in [5.74, 6) is 1.38. The normalized spacial score (nSPS) is 12.2. The zero-order valence-electron chi connectivity index (χ0n) is 15.1. The van der Waals surface area contributed by atoms with Crippen LogP contribution in [0.15, 0.2) is 12.1 Å². The van der Waals surface area contributed by atoms with E-state index >= 15 is 0 Å². The number of aromatic nitrogens is 4. The molecule has 0 aliphatic heterocycles. The minimum absolute atomic E-state index is 0.267. The van der Waals surface area contributed by atoms with Crippen LogP contribution >= 0.6 is 0 Å². The first kappa shape index (κ1) is 19.5. The van der Waals surface area contributed by atoms with Gasteiger partial charge in [0.05, 0.1) is 6.26 Å². The molecule has 140 valence electrons. The zero-order valence-corrected chi connectivity index (χ0v) is 15.9. The molecule has 0 aromatic carbocycles. The van der Waals surface area contributed by atoms with Gasteiger partial charge in [-0.25, -0.2) is 13.1 Å². The van der Waals surface area contributed by atoms with Gasteiger partial charge in [-0.05, 0) is 38.2 Å². The number of hydrogen-bond acceptors (Lipinski definition) is 7. The van der Waals surface area contributed by atoms with Gasteiger partial charge < -0.3 is 10.2 Å². The Balaban J connectivity index is 1.92. The first-order valence-electron chi connectivity index (χ1n) is 8.55. The zero-order chi connectivity index (χ0) is 18.3. The molecule has 0 amide bonds. The molecule has 0 radical (unpaired) electrons. The smallest absolute Gasteiger partial charge is 0.208 e. The lowest BCUT2D eigenvalue weighted by atomic mass is 10.3. The van der Waals surface area contributed by atoms with Gasteiger partial charge in [0, 0.05) is 19.5 Å². The van der Waals surface area contributed by atoms with Crippen molar-refractivity contribution in [3.63, 3.8) is 0 Å². The van der Waals surface area contributed by atoms with E-state index < -0.39 is 10.0 Å². The van der Waals surface area contributed by atoms with Gasteiger partial charge in [0.15, 0.2) is 11.5 Å². The van der Waals surface area contributed by atoms with E-state index in [2.05, 4.69) is 44.1 Å². The second-order valence-electron chi connectivity index (χ2n) is 5.83. The fourth-order valence-corrected chi connectivity index (χ4v) is 2.96. The average molecular weight is 369 g/mol. The third kappa shape index (κ3) is 6.22. The minimum atomic E-state index is -3.21. The highest BCUT2D eigenvalue weighted by Gasteiger charge is 2.09. The molecule has 2 rings (SSSR count). The van der Waals surface area contributed by atoms with Gasteiger partial charge >= 0.3 is 0 Å². The summed E-state index contributed by atoms with van der Waals surface area (Å²) < 4.78 is 26.4. The van der Waals surface area contributed by atoms with Crippen molar-refractivity contribution in [3.8, 4) is 0 Å². The van der Waals surface area contributed by atoms with Crippen LogP contribution < -0.4 is 10.0 Å². The molecular weight excluding hydrogens is 342 g/mol. The van der Waals surface area contributed by atoms with Crippen molar-refractivity contribution < 1.29 is 8.42 Å². The van der Waals surface area contributed by atoms with E-state index in [1.807, 2.05) is 12.1 Å². The molecular formula is C15H27N7O2S. The fraction of sp³-hybridized carbons (Fsp3) is 0.667. The van der Waals surface area contributed by atoms with Crippen molar-refractivity contribution in [2.75, 3.05) is 44.3 Å². The summed E-state index contributed by atoms with van der Waals surface area (Å²) in [6.07, 6.45) is 2.59. The van der Waals surface area contributed by atoms with E-state index in [0.29, 0.717) is 17.9 Å². The molecule has 2 aromatic rings. The van der Waals surface area contributed by atoms with Crippen LogP contribution in [0.1, 0.15) is 26.1 Å². The van der Waals surface area contributed by atoms with Gasteiger partial charge in [-0.1, -0.05) is 13.8 Å². The highest BCUT2D eigenvalue weighted by molar-refractivity contribution is 7.88. The first-order valence-corrected chi connectivity index (χ1v) is 10.4. The Morgan fingerprint density at radius 2 is 1.92 bits per heavy atom. The molecule has 2 aromatic heterocycles. The van der Waals surface area contributed by atoms with Crippen LogP contribution in [-0.2, 0) is 16.4 Å². The van der Waals surface area contributed by atoms with Crippen molar-refractivity contribution in [2.24, 2.45) is 0 Å². The maximum atomic E-state index is 11.1. The molecule has 0 unspecified atom stereocenters. The second-order valence-corrected chi connectivity index (χ2v) is 7.66. The molecule has 9 nitrogen and oxygen atoms in total. The number of anilines is 1. The SMILES string of the molecule is CCN(CC)CCCNc1ccc2nnc(CCNS(C)(=O)=O)n2n1. The van der Waals surface area contributed by atoms with Gasteiger partial charge in [-0.15, -0.1) is 15.3 Å². The number of nitrogens with zero attached hydrogens (tertiary/aromatic N) is 5. The topological polar surface area (TPSA) is 105 Å². The standard InChI is InChI=1S/C15H27N7O2S/c1-4-21(5-2)12-6-10-16-13-7-8-14-18-19-15(22(14)20-13)9-11-17-25(3,23)24/h7-8,17H,4-6,9-12H2,1-3H3,(H,16,20). The number of rotatable bonds is 11. The molecule has 0 bridgehead atoms. The summed E-state index contributed by atoms with van der Waals surface area (Å²) >= 11 is 0. The van der Waals surface area contributed by atoms with Crippen LogP contribution in [0.3, 0.4) is 0 Å². The number of fused-ring (bicyclic) bond motifs is 1. The van der Waals surface area contributed by atoms with Crippen LogP contribution in [0, 0.1) is 0 Å². The van der Waals surface area contributed by atoms with Crippen molar-refractivity contribution in [1.82, 2.24) is 29.4 Å². The van der Waals surface area contributed by atoms with Crippen LogP contribution in [0.2, 0.25) is 0 Å².